The first-order chi connectivity index (χ1) is 10.2. The van der Waals surface area contributed by atoms with Crippen LogP contribution in [0.1, 0.15) is 23.6 Å². The number of nitriles is 1. The molecule has 1 rings (SSSR count). The minimum absolute atomic E-state index is 0.00954. The van der Waals surface area contributed by atoms with E-state index in [1.165, 1.54) is 13.0 Å². The van der Waals surface area contributed by atoms with Crippen molar-refractivity contribution in [3.05, 3.63) is 28.8 Å². The molecule has 1 aromatic rings. The highest BCUT2D eigenvalue weighted by Gasteiger charge is 2.36. The monoisotopic (exact) mass is 323 g/mol. The highest BCUT2D eigenvalue weighted by molar-refractivity contribution is 5.74. The normalized spacial score (nSPS) is 11.2. The maximum Gasteiger partial charge on any atom is 0.417 e. The van der Waals surface area contributed by atoms with Crippen molar-refractivity contribution in [3.63, 3.8) is 0 Å². The topological polar surface area (TPSA) is 59.3 Å². The molecule has 0 aliphatic carbocycles. The molecule has 0 radical (unpaired) electrons. The summed E-state index contributed by atoms with van der Waals surface area (Å²) in [6.45, 7) is -1.94. The van der Waals surface area contributed by atoms with E-state index in [1.807, 2.05) is 0 Å². The lowest BCUT2D eigenvalue weighted by molar-refractivity contribution is -0.142. The van der Waals surface area contributed by atoms with Crippen LogP contribution in [0.15, 0.2) is 12.1 Å². The Labute approximate surface area is 122 Å². The average Bonchev–Trinajstić information content (AvgIpc) is 2.38. The molecule has 0 aliphatic rings. The highest BCUT2D eigenvalue weighted by atomic mass is 19.4. The van der Waals surface area contributed by atoms with Crippen LogP contribution in [0.3, 0.4) is 0 Å². The predicted molar refractivity (Wildman–Crippen MR) is 63.1 cm³/mol. The van der Waals surface area contributed by atoms with Crippen molar-refractivity contribution in [2.24, 2.45) is 0 Å². The lowest BCUT2D eigenvalue weighted by Gasteiger charge is -2.16. The number of carbonyl (C=O) groups is 1. The average molecular weight is 323 g/mol. The van der Waals surface area contributed by atoms with Crippen molar-refractivity contribution in [1.29, 1.82) is 5.26 Å². The van der Waals surface area contributed by atoms with Crippen molar-refractivity contribution in [2.45, 2.75) is 26.1 Å². The van der Waals surface area contributed by atoms with E-state index in [1.54, 1.807) is 0 Å². The Morgan fingerprint density at radius 2 is 2.00 bits per heavy atom. The number of hydrogen-bond acceptors (Lipinski definition) is 4. The van der Waals surface area contributed by atoms with Gasteiger partial charge in [0.05, 0.1) is 18.6 Å². The molecular formula is C13H10F5NO3. The van der Waals surface area contributed by atoms with Gasteiger partial charge >= 0.3 is 18.8 Å². The van der Waals surface area contributed by atoms with Crippen LogP contribution in [0.25, 0.3) is 0 Å². The summed E-state index contributed by atoms with van der Waals surface area (Å²) in [5.41, 5.74) is -2.81. The summed E-state index contributed by atoms with van der Waals surface area (Å²) in [7, 11) is 0. The number of benzene rings is 1. The van der Waals surface area contributed by atoms with Crippen LogP contribution in [0.2, 0.25) is 0 Å². The summed E-state index contributed by atoms with van der Waals surface area (Å²) in [4.78, 5) is 11.4. The molecule has 0 fully saturated rings. The van der Waals surface area contributed by atoms with Gasteiger partial charge in [-0.15, -0.1) is 0 Å². The predicted octanol–water partition coefficient (Wildman–Crippen LogP) is 3.28. The van der Waals surface area contributed by atoms with Crippen LogP contribution < -0.4 is 4.74 Å². The molecule has 0 aromatic heterocycles. The molecular weight excluding hydrogens is 313 g/mol. The second kappa shape index (κ2) is 7.06. The van der Waals surface area contributed by atoms with E-state index in [9.17, 15) is 26.7 Å². The molecule has 0 N–H and O–H groups in total. The van der Waals surface area contributed by atoms with E-state index in [0.717, 1.165) is 6.07 Å². The Hall–Kier alpha value is -2.37. The zero-order valence-electron chi connectivity index (χ0n) is 11.2. The zero-order chi connectivity index (χ0) is 16.9. The largest absolute Gasteiger partial charge is 0.466 e. The van der Waals surface area contributed by atoms with Crippen LogP contribution in [-0.4, -0.2) is 19.2 Å². The van der Waals surface area contributed by atoms with Gasteiger partial charge in [-0.2, -0.15) is 27.2 Å². The number of hydrogen-bond donors (Lipinski definition) is 0. The highest BCUT2D eigenvalue weighted by Crippen LogP contribution is 2.38. The maximum atomic E-state index is 12.8. The van der Waals surface area contributed by atoms with Gasteiger partial charge in [-0.25, -0.2) is 0 Å². The van der Waals surface area contributed by atoms with Crippen molar-refractivity contribution in [2.75, 3.05) is 6.61 Å². The fourth-order valence-electron chi connectivity index (χ4n) is 1.70. The number of rotatable bonds is 5. The molecule has 0 saturated carbocycles. The molecule has 0 spiro atoms. The van der Waals surface area contributed by atoms with Crippen LogP contribution in [-0.2, 0) is 22.1 Å². The molecule has 0 saturated heterocycles. The smallest absolute Gasteiger partial charge is 0.417 e. The van der Waals surface area contributed by atoms with Crippen LogP contribution in [0, 0.1) is 11.3 Å². The summed E-state index contributed by atoms with van der Waals surface area (Å²) in [6, 6.07) is 2.53. The summed E-state index contributed by atoms with van der Waals surface area (Å²) in [6.07, 6.45) is -5.52. The Balaban J connectivity index is 3.40. The van der Waals surface area contributed by atoms with E-state index < -0.39 is 42.1 Å². The summed E-state index contributed by atoms with van der Waals surface area (Å²) < 4.78 is 71.8. The first kappa shape index (κ1) is 17.7. The van der Waals surface area contributed by atoms with Crippen LogP contribution in [0.4, 0.5) is 22.0 Å². The third kappa shape index (κ3) is 4.31. The van der Waals surface area contributed by atoms with E-state index in [2.05, 4.69) is 9.47 Å². The van der Waals surface area contributed by atoms with Gasteiger partial charge in [0.25, 0.3) is 0 Å². The summed E-state index contributed by atoms with van der Waals surface area (Å²) >= 11 is 0. The maximum absolute atomic E-state index is 12.8. The number of alkyl halides is 5. The lowest BCUT2D eigenvalue weighted by atomic mass is 10.0. The summed E-state index contributed by atoms with van der Waals surface area (Å²) in [5, 5.41) is 8.85. The number of ether oxygens (including phenoxy) is 2. The van der Waals surface area contributed by atoms with Gasteiger partial charge in [0, 0.05) is 5.56 Å². The van der Waals surface area contributed by atoms with E-state index >= 15 is 0 Å². The third-order valence-corrected chi connectivity index (χ3v) is 2.50. The molecule has 1 aromatic carbocycles. The first-order valence-corrected chi connectivity index (χ1v) is 5.94. The first-order valence-electron chi connectivity index (χ1n) is 5.94. The fraction of sp³-hybridized carbons (Fsp3) is 0.385. The van der Waals surface area contributed by atoms with Gasteiger partial charge in [-0.05, 0) is 13.0 Å². The number of carbonyl (C=O) groups excluding carboxylic acids is 1. The third-order valence-electron chi connectivity index (χ3n) is 2.50. The van der Waals surface area contributed by atoms with Crippen molar-refractivity contribution in [1.82, 2.24) is 0 Å². The Bertz CT molecular complexity index is 593. The van der Waals surface area contributed by atoms with Crippen LogP contribution in [0.5, 0.6) is 5.75 Å². The van der Waals surface area contributed by atoms with Crippen molar-refractivity contribution in [3.8, 4) is 11.8 Å². The Kier molecular flexibility index (Phi) is 5.68. The van der Waals surface area contributed by atoms with Crippen molar-refractivity contribution >= 4 is 5.97 Å². The van der Waals surface area contributed by atoms with E-state index in [4.69, 9.17) is 5.26 Å². The second-order valence-corrected chi connectivity index (χ2v) is 3.95. The van der Waals surface area contributed by atoms with Gasteiger partial charge in [0.2, 0.25) is 0 Å². The Morgan fingerprint density at radius 3 is 2.45 bits per heavy atom. The fourth-order valence-corrected chi connectivity index (χ4v) is 1.70. The standard InChI is InChI=1S/C13H10F5NO3/c1-2-21-10(20)5-7-3-4-9(13(16,17)18)8(6-19)11(7)22-12(14)15/h3-4,12H,2,5H2,1H3. The second-order valence-electron chi connectivity index (χ2n) is 3.95. The van der Waals surface area contributed by atoms with Crippen molar-refractivity contribution < 1.29 is 36.2 Å². The SMILES string of the molecule is CCOC(=O)Cc1ccc(C(F)(F)F)c(C#N)c1OC(F)F. The zero-order valence-corrected chi connectivity index (χ0v) is 11.2. The van der Waals surface area contributed by atoms with E-state index in [0.29, 0.717) is 6.07 Å². The molecule has 22 heavy (non-hydrogen) atoms. The lowest BCUT2D eigenvalue weighted by Crippen LogP contribution is -2.15. The quantitative estimate of drug-likeness (QED) is 0.616. The molecule has 9 heteroatoms. The van der Waals surface area contributed by atoms with E-state index in [-0.39, 0.29) is 12.2 Å². The minimum Gasteiger partial charge on any atom is -0.466 e. The molecule has 0 bridgehead atoms. The summed E-state index contributed by atoms with van der Waals surface area (Å²) in [5.74, 6) is -1.81. The molecule has 0 heterocycles. The number of nitrogens with zero attached hydrogens (tertiary/aromatic N) is 1. The molecule has 0 aliphatic heterocycles. The van der Waals surface area contributed by atoms with Gasteiger partial charge in [0.1, 0.15) is 17.4 Å². The molecule has 120 valence electrons. The van der Waals surface area contributed by atoms with Gasteiger partial charge in [0.15, 0.2) is 0 Å². The minimum atomic E-state index is -4.92. The van der Waals surface area contributed by atoms with Crippen LogP contribution >= 0.6 is 0 Å². The molecule has 0 atom stereocenters. The van der Waals surface area contributed by atoms with Gasteiger partial charge in [-0.1, -0.05) is 6.07 Å². The Morgan fingerprint density at radius 1 is 1.36 bits per heavy atom. The molecule has 4 nitrogen and oxygen atoms in total. The van der Waals surface area contributed by atoms with Gasteiger partial charge in [-0.3, -0.25) is 4.79 Å². The van der Waals surface area contributed by atoms with Gasteiger partial charge < -0.3 is 9.47 Å². The molecule has 0 unspecified atom stereocenters. The number of esters is 1. The molecule has 0 amide bonds. The number of halogens is 5.